The van der Waals surface area contributed by atoms with Crippen LogP contribution in [0.15, 0.2) is 91.0 Å². The predicted molar refractivity (Wildman–Crippen MR) is 114 cm³/mol. The van der Waals surface area contributed by atoms with Crippen molar-refractivity contribution in [3.8, 4) is 0 Å². The van der Waals surface area contributed by atoms with E-state index in [0.29, 0.717) is 6.54 Å². The average molecular weight is 405 g/mol. The molecule has 1 spiro atoms. The number of likely N-dealkylation sites (tertiary alicyclic amines) is 1. The number of likely N-dealkylation sites (N-methyl/N-ethyl adjacent to an activating group) is 1. The normalized spacial score (nSPS) is 25.1. The zero-order valence-electron chi connectivity index (χ0n) is 17.0. The monoisotopic (exact) mass is 405 g/mol. The zero-order valence-corrected chi connectivity index (χ0v) is 17.0. The largest absolute Gasteiger partial charge is 0.359 e. The molecule has 2 fully saturated rings. The van der Waals surface area contributed by atoms with Gasteiger partial charge in [-0.25, -0.2) is 8.78 Å². The van der Waals surface area contributed by atoms with E-state index in [4.69, 9.17) is 4.74 Å². The highest BCUT2D eigenvalue weighted by atomic mass is 19.3. The van der Waals surface area contributed by atoms with Crippen molar-refractivity contribution >= 4 is 0 Å². The van der Waals surface area contributed by atoms with Crippen molar-refractivity contribution in [3.05, 3.63) is 108 Å². The highest BCUT2D eigenvalue weighted by molar-refractivity contribution is 5.47. The topological polar surface area (TPSA) is 12.5 Å². The number of hydrogen-bond acceptors (Lipinski definition) is 2. The Morgan fingerprint density at radius 2 is 1.23 bits per heavy atom. The molecule has 1 saturated heterocycles. The summed E-state index contributed by atoms with van der Waals surface area (Å²) in [6.45, 7) is 0.674. The molecule has 1 aliphatic heterocycles. The number of alkyl halides is 2. The summed E-state index contributed by atoms with van der Waals surface area (Å²) in [7, 11) is 1.91. The van der Waals surface area contributed by atoms with E-state index in [1.807, 2.05) is 103 Å². The molecule has 0 N–H and O–H groups in total. The molecule has 0 amide bonds. The van der Waals surface area contributed by atoms with Gasteiger partial charge >= 0.3 is 0 Å². The highest BCUT2D eigenvalue weighted by Crippen LogP contribution is 2.68. The standard InChI is InChI=1S/C26H25F2NO/c1-29-19-24(18-25(24,27)28)23(29)17-30-26(20-11-5-2-6-12-20,21-13-7-3-8-14-21)22-15-9-4-10-16-22/h2-16,23H,17-19H2,1H3. The van der Waals surface area contributed by atoms with Gasteiger partial charge in [-0.05, 0) is 23.7 Å². The SMILES string of the molecule is CN1CC2(CC2(F)F)C1COC(c1ccccc1)(c1ccccc1)c1ccccc1. The van der Waals surface area contributed by atoms with Crippen molar-refractivity contribution in [2.75, 3.05) is 20.2 Å². The van der Waals surface area contributed by atoms with E-state index < -0.39 is 16.9 Å². The first-order valence-corrected chi connectivity index (χ1v) is 10.4. The van der Waals surface area contributed by atoms with Gasteiger partial charge in [0.15, 0.2) is 0 Å². The first-order chi connectivity index (χ1) is 14.5. The highest BCUT2D eigenvalue weighted by Gasteiger charge is 2.79. The fraction of sp³-hybridized carbons (Fsp3) is 0.308. The van der Waals surface area contributed by atoms with Crippen LogP contribution in [0.3, 0.4) is 0 Å². The van der Waals surface area contributed by atoms with E-state index in [0.717, 1.165) is 16.7 Å². The minimum Gasteiger partial charge on any atom is -0.359 e. The van der Waals surface area contributed by atoms with Gasteiger partial charge in [0.05, 0.1) is 12.0 Å². The molecule has 1 aliphatic carbocycles. The van der Waals surface area contributed by atoms with E-state index in [2.05, 4.69) is 0 Å². The molecule has 2 nitrogen and oxygen atoms in total. The zero-order chi connectivity index (χ0) is 20.8. The Morgan fingerprint density at radius 1 is 0.833 bits per heavy atom. The molecule has 0 radical (unpaired) electrons. The van der Waals surface area contributed by atoms with E-state index >= 15 is 0 Å². The minimum atomic E-state index is -2.58. The molecule has 0 bridgehead atoms. The van der Waals surface area contributed by atoms with Gasteiger partial charge in [0.1, 0.15) is 5.60 Å². The van der Waals surface area contributed by atoms with Gasteiger partial charge in [-0.2, -0.15) is 0 Å². The lowest BCUT2D eigenvalue weighted by Crippen LogP contribution is -2.61. The van der Waals surface area contributed by atoms with Crippen LogP contribution in [-0.2, 0) is 10.3 Å². The van der Waals surface area contributed by atoms with Crippen LogP contribution in [0.25, 0.3) is 0 Å². The third-order valence-electron chi connectivity index (χ3n) is 6.84. The van der Waals surface area contributed by atoms with Crippen LogP contribution in [-0.4, -0.2) is 37.1 Å². The summed E-state index contributed by atoms with van der Waals surface area (Å²) < 4.78 is 35.1. The molecule has 4 heteroatoms. The van der Waals surface area contributed by atoms with E-state index in [1.54, 1.807) is 0 Å². The third kappa shape index (κ3) is 2.82. The second-order valence-corrected chi connectivity index (χ2v) is 8.56. The molecular formula is C26H25F2NO. The Kier molecular flexibility index (Phi) is 4.53. The van der Waals surface area contributed by atoms with Crippen LogP contribution < -0.4 is 0 Å². The summed E-state index contributed by atoms with van der Waals surface area (Å²) >= 11 is 0. The quantitative estimate of drug-likeness (QED) is 0.514. The van der Waals surface area contributed by atoms with Gasteiger partial charge in [-0.3, -0.25) is 4.90 Å². The lowest BCUT2D eigenvalue weighted by molar-refractivity contribution is -0.117. The van der Waals surface area contributed by atoms with Crippen molar-refractivity contribution < 1.29 is 13.5 Å². The first kappa shape index (κ1) is 19.4. The van der Waals surface area contributed by atoms with Gasteiger partial charge in [0.2, 0.25) is 0 Å². The first-order valence-electron chi connectivity index (χ1n) is 10.4. The number of benzene rings is 3. The molecule has 2 unspecified atom stereocenters. The van der Waals surface area contributed by atoms with Crippen LogP contribution >= 0.6 is 0 Å². The lowest BCUT2D eigenvalue weighted by Gasteiger charge is -2.48. The van der Waals surface area contributed by atoms with Crippen LogP contribution in [0.5, 0.6) is 0 Å². The van der Waals surface area contributed by atoms with Crippen LogP contribution in [0.4, 0.5) is 8.78 Å². The maximum Gasteiger partial charge on any atom is 0.257 e. The lowest BCUT2D eigenvalue weighted by atomic mass is 9.79. The number of rotatable bonds is 6. The van der Waals surface area contributed by atoms with Crippen LogP contribution in [0.1, 0.15) is 23.1 Å². The summed E-state index contributed by atoms with van der Waals surface area (Å²) in [5, 5.41) is 0. The van der Waals surface area contributed by atoms with Crippen molar-refractivity contribution in [2.45, 2.75) is 24.0 Å². The number of nitrogens with zero attached hydrogens (tertiary/aromatic N) is 1. The molecular weight excluding hydrogens is 380 g/mol. The second-order valence-electron chi connectivity index (χ2n) is 8.56. The van der Waals surface area contributed by atoms with Crippen molar-refractivity contribution in [1.29, 1.82) is 0 Å². The maximum atomic E-state index is 14.2. The van der Waals surface area contributed by atoms with Gasteiger partial charge < -0.3 is 4.74 Å². The summed E-state index contributed by atoms with van der Waals surface area (Å²) in [6, 6.07) is 29.9. The summed E-state index contributed by atoms with van der Waals surface area (Å²) in [5.74, 6) is -2.58. The minimum absolute atomic E-state index is 0.0343. The fourth-order valence-corrected chi connectivity index (χ4v) is 5.11. The van der Waals surface area contributed by atoms with Crippen molar-refractivity contribution in [2.24, 2.45) is 5.41 Å². The van der Waals surface area contributed by atoms with Gasteiger partial charge in [0.25, 0.3) is 5.92 Å². The van der Waals surface area contributed by atoms with Crippen LogP contribution in [0, 0.1) is 5.41 Å². The van der Waals surface area contributed by atoms with E-state index in [-0.39, 0.29) is 19.1 Å². The molecule has 2 atom stereocenters. The maximum absolute atomic E-state index is 14.2. The second kappa shape index (κ2) is 7.00. The van der Waals surface area contributed by atoms with E-state index in [9.17, 15) is 8.78 Å². The van der Waals surface area contributed by atoms with E-state index in [1.165, 1.54) is 0 Å². The molecule has 1 saturated carbocycles. The Labute approximate surface area is 176 Å². The molecule has 30 heavy (non-hydrogen) atoms. The molecule has 2 aliphatic rings. The van der Waals surface area contributed by atoms with Crippen molar-refractivity contribution in [3.63, 3.8) is 0 Å². The Hall–Kier alpha value is -2.56. The van der Waals surface area contributed by atoms with Crippen molar-refractivity contribution in [1.82, 2.24) is 4.90 Å². The predicted octanol–water partition coefficient (Wildman–Crippen LogP) is 5.33. The fourth-order valence-electron chi connectivity index (χ4n) is 5.11. The Bertz CT molecular complexity index is 912. The van der Waals surface area contributed by atoms with Crippen LogP contribution in [0.2, 0.25) is 0 Å². The number of hydrogen-bond donors (Lipinski definition) is 0. The van der Waals surface area contributed by atoms with Gasteiger partial charge in [-0.1, -0.05) is 91.0 Å². The summed E-state index contributed by atoms with van der Waals surface area (Å²) in [6.07, 6.45) is -0.0343. The Balaban J connectivity index is 1.60. The molecule has 1 heterocycles. The molecule has 3 aromatic rings. The molecule has 0 aromatic heterocycles. The number of halogens is 2. The molecule has 154 valence electrons. The van der Waals surface area contributed by atoms with Gasteiger partial charge in [-0.15, -0.1) is 0 Å². The molecule has 5 rings (SSSR count). The van der Waals surface area contributed by atoms with Gasteiger partial charge in [0, 0.05) is 19.0 Å². The number of ether oxygens (including phenoxy) is 1. The summed E-state index contributed by atoms with van der Waals surface area (Å²) in [4.78, 5) is 1.99. The Morgan fingerprint density at radius 3 is 1.57 bits per heavy atom. The average Bonchev–Trinajstić information content (AvgIpc) is 3.36. The molecule has 3 aromatic carbocycles. The third-order valence-corrected chi connectivity index (χ3v) is 6.84. The summed E-state index contributed by atoms with van der Waals surface area (Å²) in [5.41, 5.74) is 1.17. The smallest absolute Gasteiger partial charge is 0.257 e.